The second-order valence-electron chi connectivity index (χ2n) is 4.12. The van der Waals surface area contributed by atoms with Gasteiger partial charge in [-0.25, -0.2) is 9.78 Å². The first-order valence-corrected chi connectivity index (χ1v) is 7.52. The molecule has 0 unspecified atom stereocenters. The third-order valence-corrected chi connectivity index (χ3v) is 4.14. The van der Waals surface area contributed by atoms with Crippen molar-refractivity contribution in [1.29, 1.82) is 0 Å². The molecule has 1 N–H and O–H groups in total. The first-order valence-electron chi connectivity index (χ1n) is 5.91. The summed E-state index contributed by atoms with van der Waals surface area (Å²) in [6.07, 6.45) is 4.78. The van der Waals surface area contributed by atoms with Crippen LogP contribution < -0.4 is 0 Å². The molecule has 21 heavy (non-hydrogen) atoms. The van der Waals surface area contributed by atoms with Gasteiger partial charge in [-0.15, -0.1) is 0 Å². The van der Waals surface area contributed by atoms with Gasteiger partial charge in [0, 0.05) is 28.0 Å². The van der Waals surface area contributed by atoms with Crippen molar-refractivity contribution in [2.75, 3.05) is 0 Å². The summed E-state index contributed by atoms with van der Waals surface area (Å²) in [5, 5.41) is 9.57. The number of rotatable bonds is 3. The SMILES string of the molecule is O=C(O)c1ccc(Sc2ccnc3cc(Br)cnc23)nc1. The molecule has 7 heteroatoms. The number of nitrogens with zero attached hydrogens (tertiary/aromatic N) is 3. The van der Waals surface area contributed by atoms with Crippen molar-refractivity contribution in [3.05, 3.63) is 52.9 Å². The van der Waals surface area contributed by atoms with Crippen LogP contribution in [0.3, 0.4) is 0 Å². The highest BCUT2D eigenvalue weighted by Gasteiger charge is 2.08. The van der Waals surface area contributed by atoms with Gasteiger partial charge in [-0.1, -0.05) is 11.8 Å². The summed E-state index contributed by atoms with van der Waals surface area (Å²) in [6, 6.07) is 6.97. The first kappa shape index (κ1) is 14.0. The van der Waals surface area contributed by atoms with E-state index in [-0.39, 0.29) is 5.56 Å². The summed E-state index contributed by atoms with van der Waals surface area (Å²) in [7, 11) is 0. The zero-order chi connectivity index (χ0) is 14.8. The normalized spacial score (nSPS) is 10.7. The number of fused-ring (bicyclic) bond motifs is 1. The van der Waals surface area contributed by atoms with Crippen LogP contribution in [0, 0.1) is 0 Å². The van der Waals surface area contributed by atoms with Crippen LogP contribution in [0.15, 0.2) is 57.3 Å². The van der Waals surface area contributed by atoms with E-state index in [4.69, 9.17) is 5.11 Å². The number of hydrogen-bond acceptors (Lipinski definition) is 5. The maximum Gasteiger partial charge on any atom is 0.337 e. The van der Waals surface area contributed by atoms with Crippen molar-refractivity contribution in [2.45, 2.75) is 9.92 Å². The lowest BCUT2D eigenvalue weighted by Gasteiger charge is -2.05. The van der Waals surface area contributed by atoms with Gasteiger partial charge in [0.15, 0.2) is 0 Å². The smallest absolute Gasteiger partial charge is 0.337 e. The van der Waals surface area contributed by atoms with Crippen molar-refractivity contribution in [3.8, 4) is 0 Å². The summed E-state index contributed by atoms with van der Waals surface area (Å²) < 4.78 is 0.869. The molecule has 0 atom stereocenters. The number of aromatic nitrogens is 3. The molecular weight excluding hydrogens is 354 g/mol. The molecule has 104 valence electrons. The van der Waals surface area contributed by atoms with E-state index in [1.54, 1.807) is 18.5 Å². The van der Waals surface area contributed by atoms with E-state index < -0.39 is 5.97 Å². The molecule has 0 saturated carbocycles. The maximum absolute atomic E-state index is 10.8. The molecule has 0 radical (unpaired) electrons. The molecule has 5 nitrogen and oxygen atoms in total. The Kier molecular flexibility index (Phi) is 3.85. The number of carboxylic acid groups (broad SMARTS) is 1. The van der Waals surface area contributed by atoms with E-state index in [0.29, 0.717) is 5.03 Å². The molecule has 3 aromatic heterocycles. The number of carbonyl (C=O) groups is 1. The zero-order valence-corrected chi connectivity index (χ0v) is 12.9. The van der Waals surface area contributed by atoms with E-state index in [1.807, 2.05) is 12.1 Å². The van der Waals surface area contributed by atoms with Crippen LogP contribution in [-0.2, 0) is 0 Å². The fourth-order valence-corrected chi connectivity index (χ4v) is 2.91. The van der Waals surface area contributed by atoms with Gasteiger partial charge in [0.2, 0.25) is 0 Å². The van der Waals surface area contributed by atoms with Crippen molar-refractivity contribution in [3.63, 3.8) is 0 Å². The standard InChI is InChI=1S/C14H8BrN3O2S/c15-9-5-10-13(18-7-9)11(3-4-16-10)21-12-2-1-8(6-17-12)14(19)20/h1-7H,(H,19,20). The molecule has 0 aromatic carbocycles. The van der Waals surface area contributed by atoms with Crippen LogP contribution in [0.5, 0.6) is 0 Å². The Morgan fingerprint density at radius 1 is 1.14 bits per heavy atom. The van der Waals surface area contributed by atoms with Crippen molar-refractivity contribution >= 4 is 44.7 Å². The summed E-state index contributed by atoms with van der Waals surface area (Å²) >= 11 is 4.79. The summed E-state index contributed by atoms with van der Waals surface area (Å²) in [5.74, 6) is -0.986. The van der Waals surface area contributed by atoms with E-state index in [0.717, 1.165) is 20.4 Å². The molecule has 0 aliphatic heterocycles. The van der Waals surface area contributed by atoms with Gasteiger partial charge >= 0.3 is 5.97 Å². The van der Waals surface area contributed by atoms with Gasteiger partial charge in [-0.2, -0.15) is 0 Å². The Balaban J connectivity index is 1.96. The molecule has 3 heterocycles. The average Bonchev–Trinajstić information content (AvgIpc) is 2.47. The van der Waals surface area contributed by atoms with Crippen molar-refractivity contribution in [1.82, 2.24) is 15.0 Å². The third kappa shape index (κ3) is 3.03. The number of halogens is 1. The number of aromatic carboxylic acids is 1. The van der Waals surface area contributed by atoms with E-state index >= 15 is 0 Å². The zero-order valence-electron chi connectivity index (χ0n) is 10.5. The minimum absolute atomic E-state index is 0.168. The fourth-order valence-electron chi connectivity index (χ4n) is 1.74. The molecule has 0 spiro atoms. The molecular formula is C14H8BrN3O2S. The monoisotopic (exact) mass is 361 g/mol. The molecule has 3 rings (SSSR count). The lowest BCUT2D eigenvalue weighted by atomic mass is 10.3. The van der Waals surface area contributed by atoms with E-state index in [9.17, 15) is 4.79 Å². The van der Waals surface area contributed by atoms with Crippen molar-refractivity contribution in [2.24, 2.45) is 0 Å². The van der Waals surface area contributed by atoms with Crippen LogP contribution in [0.4, 0.5) is 0 Å². The maximum atomic E-state index is 10.8. The van der Waals surface area contributed by atoms with Crippen LogP contribution in [-0.4, -0.2) is 26.0 Å². The van der Waals surface area contributed by atoms with E-state index in [1.165, 1.54) is 24.0 Å². The van der Waals surface area contributed by atoms with Crippen LogP contribution >= 0.6 is 27.7 Å². The quantitative estimate of drug-likeness (QED) is 0.767. The van der Waals surface area contributed by atoms with Gasteiger partial charge < -0.3 is 5.11 Å². The van der Waals surface area contributed by atoms with Gasteiger partial charge in [0.1, 0.15) is 10.5 Å². The Morgan fingerprint density at radius 3 is 2.71 bits per heavy atom. The molecule has 0 aliphatic carbocycles. The van der Waals surface area contributed by atoms with Crippen molar-refractivity contribution < 1.29 is 9.90 Å². The van der Waals surface area contributed by atoms with Crippen LogP contribution in [0.25, 0.3) is 11.0 Å². The molecule has 0 saturated heterocycles. The lowest BCUT2D eigenvalue weighted by Crippen LogP contribution is -1.96. The van der Waals surface area contributed by atoms with Gasteiger partial charge in [-0.3, -0.25) is 9.97 Å². The Bertz CT molecular complexity index is 824. The Labute approximate surface area is 132 Å². The highest BCUT2D eigenvalue weighted by atomic mass is 79.9. The minimum Gasteiger partial charge on any atom is -0.478 e. The molecule has 0 fully saturated rings. The molecule has 3 aromatic rings. The predicted octanol–water partition coefficient (Wildman–Crippen LogP) is 3.64. The summed E-state index contributed by atoms with van der Waals surface area (Å²) in [4.78, 5) is 24.5. The summed E-state index contributed by atoms with van der Waals surface area (Å²) in [5.41, 5.74) is 1.74. The first-order chi connectivity index (χ1) is 10.1. The van der Waals surface area contributed by atoms with E-state index in [2.05, 4.69) is 30.9 Å². The molecule has 0 aliphatic rings. The van der Waals surface area contributed by atoms with Gasteiger partial charge in [-0.05, 0) is 40.2 Å². The lowest BCUT2D eigenvalue weighted by molar-refractivity contribution is 0.0696. The second-order valence-corrected chi connectivity index (χ2v) is 6.10. The molecule has 0 amide bonds. The second kappa shape index (κ2) is 5.79. The number of pyridine rings is 3. The Morgan fingerprint density at radius 2 is 2.00 bits per heavy atom. The topological polar surface area (TPSA) is 76.0 Å². The van der Waals surface area contributed by atoms with Gasteiger partial charge in [0.25, 0.3) is 0 Å². The van der Waals surface area contributed by atoms with Crippen LogP contribution in [0.2, 0.25) is 0 Å². The highest BCUT2D eigenvalue weighted by Crippen LogP contribution is 2.31. The average molecular weight is 362 g/mol. The number of carboxylic acids is 1. The summed E-state index contributed by atoms with van der Waals surface area (Å²) in [6.45, 7) is 0. The Hall–Kier alpha value is -1.99. The predicted molar refractivity (Wildman–Crippen MR) is 82.6 cm³/mol. The minimum atomic E-state index is -0.986. The fraction of sp³-hybridized carbons (Fsp3) is 0. The molecule has 0 bridgehead atoms. The highest BCUT2D eigenvalue weighted by molar-refractivity contribution is 9.10. The number of hydrogen-bond donors (Lipinski definition) is 1. The third-order valence-electron chi connectivity index (χ3n) is 2.70. The van der Waals surface area contributed by atoms with Gasteiger partial charge in [0.05, 0.1) is 11.1 Å². The van der Waals surface area contributed by atoms with Crippen LogP contribution in [0.1, 0.15) is 10.4 Å². The largest absolute Gasteiger partial charge is 0.478 e.